The monoisotopic (exact) mass is 278 g/mol. The molecule has 2 heterocycles. The van der Waals surface area contributed by atoms with Crippen LogP contribution in [0.15, 0.2) is 12.4 Å². The Balaban J connectivity index is 1.98. The largest absolute Gasteiger partial charge is 0.333 e. The highest BCUT2D eigenvalue weighted by Gasteiger charge is 2.30. The molecule has 0 saturated heterocycles. The Kier molecular flexibility index (Phi) is 5.22. The number of aromatic nitrogens is 2. The molecule has 4 nitrogen and oxygen atoms in total. The van der Waals surface area contributed by atoms with Gasteiger partial charge < -0.3 is 9.88 Å². The van der Waals surface area contributed by atoms with Gasteiger partial charge in [0, 0.05) is 44.6 Å². The third kappa shape index (κ3) is 3.61. The number of fused-ring (bicyclic) bond motifs is 1. The van der Waals surface area contributed by atoms with Gasteiger partial charge in [-0.1, -0.05) is 27.7 Å². The van der Waals surface area contributed by atoms with Gasteiger partial charge in [-0.05, 0) is 18.3 Å². The normalized spacial score (nSPS) is 16.6. The molecule has 0 fully saturated rings. The summed E-state index contributed by atoms with van der Waals surface area (Å²) in [5.41, 5.74) is 0.388. The van der Waals surface area contributed by atoms with Crippen LogP contribution in [0.2, 0.25) is 0 Å². The molecule has 20 heavy (non-hydrogen) atoms. The lowest BCUT2D eigenvalue weighted by Gasteiger charge is -2.39. The summed E-state index contributed by atoms with van der Waals surface area (Å²) < 4.78 is 2.28. The molecule has 1 aromatic heterocycles. The number of nitrogens with zero attached hydrogens (tertiary/aromatic N) is 3. The van der Waals surface area contributed by atoms with Crippen molar-refractivity contribution in [1.82, 2.24) is 19.8 Å². The Morgan fingerprint density at radius 1 is 1.30 bits per heavy atom. The molecule has 0 saturated carbocycles. The average Bonchev–Trinajstić information content (AvgIpc) is 2.91. The van der Waals surface area contributed by atoms with E-state index >= 15 is 0 Å². The predicted molar refractivity (Wildman–Crippen MR) is 83.7 cm³/mol. The van der Waals surface area contributed by atoms with Crippen molar-refractivity contribution in [3.8, 4) is 0 Å². The first-order valence-corrected chi connectivity index (χ1v) is 8.04. The van der Waals surface area contributed by atoms with Gasteiger partial charge in [-0.3, -0.25) is 4.90 Å². The topological polar surface area (TPSA) is 33.1 Å². The van der Waals surface area contributed by atoms with Crippen LogP contribution in [0.4, 0.5) is 0 Å². The van der Waals surface area contributed by atoms with Gasteiger partial charge in [-0.25, -0.2) is 4.98 Å². The molecular formula is C16H30N4. The molecule has 0 aromatic carbocycles. The standard InChI is InChI=1S/C16H30N4/c1-5-16(6-2,12-18-14(3)4)13-19-9-10-20-8-7-17-15(20)11-19/h7-8,14,18H,5-6,9-13H2,1-4H3. The summed E-state index contributed by atoms with van der Waals surface area (Å²) in [6.07, 6.45) is 6.48. The summed E-state index contributed by atoms with van der Waals surface area (Å²) in [4.78, 5) is 7.05. The van der Waals surface area contributed by atoms with E-state index in [0.717, 1.165) is 26.2 Å². The third-order valence-electron chi connectivity index (χ3n) is 4.77. The van der Waals surface area contributed by atoms with E-state index < -0.39 is 0 Å². The third-order valence-corrected chi connectivity index (χ3v) is 4.77. The van der Waals surface area contributed by atoms with Gasteiger partial charge in [0.15, 0.2) is 0 Å². The molecule has 114 valence electrons. The molecule has 1 aromatic rings. The van der Waals surface area contributed by atoms with Crippen LogP contribution in [0, 0.1) is 5.41 Å². The van der Waals surface area contributed by atoms with Crippen molar-refractivity contribution in [1.29, 1.82) is 0 Å². The van der Waals surface area contributed by atoms with E-state index in [-0.39, 0.29) is 0 Å². The zero-order valence-electron chi connectivity index (χ0n) is 13.5. The van der Waals surface area contributed by atoms with Crippen LogP contribution in [-0.2, 0) is 13.1 Å². The lowest BCUT2D eigenvalue weighted by molar-refractivity contribution is 0.108. The summed E-state index contributed by atoms with van der Waals surface area (Å²) in [5.74, 6) is 1.22. The minimum Gasteiger partial charge on any atom is -0.333 e. The molecule has 0 spiro atoms. The SMILES string of the molecule is CCC(CC)(CNC(C)C)CN1CCn2ccnc2C1. The van der Waals surface area contributed by atoms with E-state index in [0.29, 0.717) is 11.5 Å². The van der Waals surface area contributed by atoms with Crippen molar-refractivity contribution < 1.29 is 0 Å². The molecule has 0 unspecified atom stereocenters. The molecule has 1 aliphatic heterocycles. The molecular weight excluding hydrogens is 248 g/mol. The zero-order chi connectivity index (χ0) is 14.6. The average molecular weight is 278 g/mol. The van der Waals surface area contributed by atoms with E-state index in [1.54, 1.807) is 0 Å². The smallest absolute Gasteiger partial charge is 0.122 e. The van der Waals surface area contributed by atoms with E-state index in [1.807, 2.05) is 6.20 Å². The lowest BCUT2D eigenvalue weighted by Crippen LogP contribution is -2.47. The summed E-state index contributed by atoms with van der Waals surface area (Å²) >= 11 is 0. The Hall–Kier alpha value is -0.870. The molecule has 0 radical (unpaired) electrons. The number of imidazole rings is 1. The van der Waals surface area contributed by atoms with Crippen molar-refractivity contribution >= 4 is 0 Å². The molecule has 0 aliphatic carbocycles. The minimum absolute atomic E-state index is 0.388. The highest BCUT2D eigenvalue weighted by atomic mass is 15.2. The first kappa shape index (κ1) is 15.5. The van der Waals surface area contributed by atoms with Crippen LogP contribution in [0.25, 0.3) is 0 Å². The maximum atomic E-state index is 4.47. The van der Waals surface area contributed by atoms with Gasteiger partial charge >= 0.3 is 0 Å². The lowest BCUT2D eigenvalue weighted by atomic mass is 9.81. The van der Waals surface area contributed by atoms with E-state index in [9.17, 15) is 0 Å². The molecule has 0 bridgehead atoms. The maximum absolute atomic E-state index is 4.47. The Labute approximate surface area is 123 Å². The van der Waals surface area contributed by atoms with Crippen LogP contribution in [0.1, 0.15) is 46.4 Å². The van der Waals surface area contributed by atoms with Crippen molar-refractivity contribution in [3.05, 3.63) is 18.2 Å². The number of nitrogens with one attached hydrogen (secondary N) is 1. The predicted octanol–water partition coefficient (Wildman–Crippen LogP) is 2.50. The van der Waals surface area contributed by atoms with E-state index in [4.69, 9.17) is 0 Å². The molecule has 0 amide bonds. The van der Waals surface area contributed by atoms with Crippen LogP contribution in [0.3, 0.4) is 0 Å². The highest BCUT2D eigenvalue weighted by molar-refractivity contribution is 4.96. The van der Waals surface area contributed by atoms with Crippen molar-refractivity contribution in [3.63, 3.8) is 0 Å². The van der Waals surface area contributed by atoms with Crippen LogP contribution < -0.4 is 5.32 Å². The van der Waals surface area contributed by atoms with Crippen molar-refractivity contribution in [2.45, 2.75) is 59.7 Å². The van der Waals surface area contributed by atoms with Crippen LogP contribution in [0.5, 0.6) is 0 Å². The number of hydrogen-bond donors (Lipinski definition) is 1. The minimum atomic E-state index is 0.388. The second-order valence-corrected chi connectivity index (χ2v) is 6.49. The zero-order valence-corrected chi connectivity index (χ0v) is 13.5. The Bertz CT molecular complexity index is 406. The van der Waals surface area contributed by atoms with Gasteiger partial charge in [-0.2, -0.15) is 0 Å². The summed E-state index contributed by atoms with van der Waals surface area (Å²) in [7, 11) is 0. The molecule has 1 aliphatic rings. The maximum Gasteiger partial charge on any atom is 0.122 e. The molecule has 2 rings (SSSR count). The summed E-state index contributed by atoms with van der Waals surface area (Å²) in [6, 6.07) is 0.563. The first-order valence-electron chi connectivity index (χ1n) is 8.04. The fourth-order valence-electron chi connectivity index (χ4n) is 3.03. The highest BCUT2D eigenvalue weighted by Crippen LogP contribution is 2.28. The van der Waals surface area contributed by atoms with Gasteiger partial charge in [0.2, 0.25) is 0 Å². The van der Waals surface area contributed by atoms with E-state index in [1.165, 1.54) is 25.2 Å². The van der Waals surface area contributed by atoms with Crippen molar-refractivity contribution in [2.75, 3.05) is 19.6 Å². The second kappa shape index (κ2) is 6.72. The van der Waals surface area contributed by atoms with Crippen LogP contribution in [-0.4, -0.2) is 40.1 Å². The van der Waals surface area contributed by atoms with Crippen LogP contribution >= 0.6 is 0 Å². The first-order chi connectivity index (χ1) is 9.58. The second-order valence-electron chi connectivity index (χ2n) is 6.49. The van der Waals surface area contributed by atoms with E-state index in [2.05, 4.69) is 53.7 Å². The molecule has 0 atom stereocenters. The Morgan fingerprint density at radius 2 is 2.05 bits per heavy atom. The number of rotatable bonds is 7. The van der Waals surface area contributed by atoms with Gasteiger partial charge in [0.05, 0.1) is 6.54 Å². The fraction of sp³-hybridized carbons (Fsp3) is 0.812. The van der Waals surface area contributed by atoms with Gasteiger partial charge in [-0.15, -0.1) is 0 Å². The Morgan fingerprint density at radius 3 is 2.70 bits per heavy atom. The summed E-state index contributed by atoms with van der Waals surface area (Å²) in [6.45, 7) is 14.6. The molecule has 1 N–H and O–H groups in total. The molecule has 4 heteroatoms. The van der Waals surface area contributed by atoms with Gasteiger partial charge in [0.1, 0.15) is 5.82 Å². The number of hydrogen-bond acceptors (Lipinski definition) is 3. The van der Waals surface area contributed by atoms with Gasteiger partial charge in [0.25, 0.3) is 0 Å². The summed E-state index contributed by atoms with van der Waals surface area (Å²) in [5, 5.41) is 3.64. The van der Waals surface area contributed by atoms with Crippen molar-refractivity contribution in [2.24, 2.45) is 5.41 Å². The fourth-order valence-corrected chi connectivity index (χ4v) is 3.03. The quantitative estimate of drug-likeness (QED) is 0.832.